The largest absolute Gasteiger partial charge is 0.277 e. The van der Waals surface area contributed by atoms with E-state index in [1.165, 1.54) is 54.8 Å². The Hall–Kier alpha value is -4.37. The van der Waals surface area contributed by atoms with Crippen molar-refractivity contribution in [2.75, 3.05) is 0 Å². The number of hydrogen-bond acceptors (Lipinski definition) is 1. The average molecular weight is 422 g/mol. The maximum absolute atomic E-state index is 5.08. The molecule has 0 unspecified atom stereocenters. The molecular weight excluding hydrogens is 402 g/mol. The standard InChI is InChI=1S/C30H19N3/c1-18-7-6-10-19(13-18)22-15-24-23-14-20-8-2-3-9-21(20)16-27(23)33-29(24)28(17-22)32-26-12-5-4-11-25(26)31-30(32)33/h2-17H,1H3. The third kappa shape index (κ3) is 2.16. The Bertz CT molecular complexity index is 2040. The van der Waals surface area contributed by atoms with Gasteiger partial charge in [-0.05, 0) is 65.2 Å². The summed E-state index contributed by atoms with van der Waals surface area (Å²) in [5, 5.41) is 5.07. The van der Waals surface area contributed by atoms with Crippen molar-refractivity contribution in [2.45, 2.75) is 6.92 Å². The van der Waals surface area contributed by atoms with Gasteiger partial charge in [0.1, 0.15) is 0 Å². The van der Waals surface area contributed by atoms with E-state index >= 15 is 0 Å². The highest BCUT2D eigenvalue weighted by Gasteiger charge is 2.22. The van der Waals surface area contributed by atoms with Gasteiger partial charge in [-0.25, -0.2) is 4.98 Å². The fourth-order valence-corrected chi connectivity index (χ4v) is 5.58. The zero-order valence-electron chi connectivity index (χ0n) is 18.1. The molecule has 0 aliphatic heterocycles. The Kier molecular flexibility index (Phi) is 3.08. The lowest BCUT2D eigenvalue weighted by Crippen LogP contribution is -1.85. The minimum atomic E-state index is 0.975. The summed E-state index contributed by atoms with van der Waals surface area (Å²) >= 11 is 0. The molecule has 0 aliphatic carbocycles. The number of rotatable bonds is 1. The Morgan fingerprint density at radius 3 is 2.27 bits per heavy atom. The lowest BCUT2D eigenvalue weighted by atomic mass is 10.00. The third-order valence-corrected chi connectivity index (χ3v) is 7.04. The van der Waals surface area contributed by atoms with Crippen molar-refractivity contribution >= 4 is 54.9 Å². The molecule has 0 fully saturated rings. The number of nitrogens with zero attached hydrogens (tertiary/aromatic N) is 3. The van der Waals surface area contributed by atoms with Gasteiger partial charge in [0.25, 0.3) is 0 Å². The Morgan fingerprint density at radius 1 is 0.576 bits per heavy atom. The van der Waals surface area contributed by atoms with E-state index in [9.17, 15) is 0 Å². The second-order valence-corrected chi connectivity index (χ2v) is 9.05. The summed E-state index contributed by atoms with van der Waals surface area (Å²) in [6.07, 6.45) is 0. The maximum Gasteiger partial charge on any atom is 0.220 e. The van der Waals surface area contributed by atoms with Crippen LogP contribution in [0.25, 0.3) is 66.0 Å². The van der Waals surface area contributed by atoms with Crippen LogP contribution < -0.4 is 0 Å². The predicted octanol–water partition coefficient (Wildman–Crippen LogP) is 7.61. The maximum atomic E-state index is 5.08. The minimum absolute atomic E-state index is 0.975. The highest BCUT2D eigenvalue weighted by atomic mass is 15.2. The molecule has 0 radical (unpaired) electrons. The molecule has 8 aromatic rings. The molecule has 3 nitrogen and oxygen atoms in total. The minimum Gasteiger partial charge on any atom is -0.277 e. The van der Waals surface area contributed by atoms with Crippen LogP contribution in [0.4, 0.5) is 0 Å². The summed E-state index contributed by atoms with van der Waals surface area (Å²) in [6, 6.07) is 35.1. The van der Waals surface area contributed by atoms with E-state index in [0.29, 0.717) is 0 Å². The van der Waals surface area contributed by atoms with E-state index in [-0.39, 0.29) is 0 Å². The number of fused-ring (bicyclic) bond motifs is 9. The van der Waals surface area contributed by atoms with Crippen molar-refractivity contribution in [2.24, 2.45) is 0 Å². The molecule has 33 heavy (non-hydrogen) atoms. The molecule has 5 aromatic carbocycles. The van der Waals surface area contributed by atoms with Gasteiger partial charge < -0.3 is 0 Å². The van der Waals surface area contributed by atoms with Gasteiger partial charge in [0, 0.05) is 10.8 Å². The Balaban J connectivity index is 1.66. The number of aryl methyl sites for hydroxylation is 1. The molecule has 0 bridgehead atoms. The van der Waals surface area contributed by atoms with Crippen LogP contribution in [0.1, 0.15) is 5.56 Å². The summed E-state index contributed by atoms with van der Waals surface area (Å²) in [4.78, 5) is 5.08. The van der Waals surface area contributed by atoms with Crippen LogP contribution in [0.5, 0.6) is 0 Å². The molecule has 3 aromatic heterocycles. The van der Waals surface area contributed by atoms with Crippen LogP contribution >= 0.6 is 0 Å². The average Bonchev–Trinajstić information content (AvgIpc) is 3.47. The zero-order chi connectivity index (χ0) is 21.7. The number of hydrogen-bond donors (Lipinski definition) is 0. The van der Waals surface area contributed by atoms with Crippen LogP contribution in [0, 0.1) is 6.92 Å². The van der Waals surface area contributed by atoms with Gasteiger partial charge >= 0.3 is 0 Å². The molecule has 0 N–H and O–H groups in total. The molecular formula is C30H19N3. The van der Waals surface area contributed by atoms with Crippen molar-refractivity contribution in [3.8, 4) is 11.1 Å². The van der Waals surface area contributed by atoms with E-state index in [0.717, 1.165) is 16.8 Å². The van der Waals surface area contributed by atoms with Gasteiger partial charge in [-0.3, -0.25) is 8.80 Å². The SMILES string of the molecule is Cc1cccc(-c2cc3c4cc5ccccc5cc4n4c3c(c2)n2c3ccccc3nc24)c1. The quantitative estimate of drug-likeness (QED) is 0.267. The Morgan fingerprint density at radius 2 is 1.39 bits per heavy atom. The van der Waals surface area contributed by atoms with Crippen LogP contribution in [0.2, 0.25) is 0 Å². The molecule has 0 saturated heterocycles. The third-order valence-electron chi connectivity index (χ3n) is 7.04. The van der Waals surface area contributed by atoms with E-state index < -0.39 is 0 Å². The molecule has 0 saturated carbocycles. The first-order valence-electron chi connectivity index (χ1n) is 11.3. The van der Waals surface area contributed by atoms with Crippen molar-refractivity contribution in [1.82, 2.24) is 13.8 Å². The summed E-state index contributed by atoms with van der Waals surface area (Å²) < 4.78 is 4.68. The van der Waals surface area contributed by atoms with Crippen LogP contribution in [-0.2, 0) is 0 Å². The molecule has 0 aliphatic rings. The molecule has 3 heteroatoms. The number of para-hydroxylation sites is 2. The predicted molar refractivity (Wildman–Crippen MR) is 138 cm³/mol. The van der Waals surface area contributed by atoms with Crippen molar-refractivity contribution in [3.63, 3.8) is 0 Å². The molecule has 8 rings (SSSR count). The summed E-state index contributed by atoms with van der Waals surface area (Å²) in [7, 11) is 0. The molecule has 0 spiro atoms. The number of aromatic nitrogens is 3. The second-order valence-electron chi connectivity index (χ2n) is 9.05. The highest BCUT2D eigenvalue weighted by molar-refractivity contribution is 6.19. The first-order valence-corrected chi connectivity index (χ1v) is 11.3. The summed E-state index contributed by atoms with van der Waals surface area (Å²) in [6.45, 7) is 2.15. The van der Waals surface area contributed by atoms with Gasteiger partial charge in [-0.1, -0.05) is 66.2 Å². The highest BCUT2D eigenvalue weighted by Crippen LogP contribution is 2.40. The summed E-state index contributed by atoms with van der Waals surface area (Å²) in [5.74, 6) is 0.975. The number of benzene rings is 5. The first-order chi connectivity index (χ1) is 16.3. The van der Waals surface area contributed by atoms with Gasteiger partial charge in [0.2, 0.25) is 5.78 Å². The van der Waals surface area contributed by atoms with Gasteiger partial charge in [-0.2, -0.15) is 0 Å². The molecule has 3 heterocycles. The lowest BCUT2D eigenvalue weighted by Gasteiger charge is -2.06. The Labute approximate surface area is 189 Å². The van der Waals surface area contributed by atoms with Gasteiger partial charge in [-0.15, -0.1) is 0 Å². The normalized spacial score (nSPS) is 12.4. The fourth-order valence-electron chi connectivity index (χ4n) is 5.58. The van der Waals surface area contributed by atoms with Crippen LogP contribution in [0.3, 0.4) is 0 Å². The van der Waals surface area contributed by atoms with Crippen molar-refractivity contribution < 1.29 is 0 Å². The van der Waals surface area contributed by atoms with E-state index in [1.54, 1.807) is 0 Å². The smallest absolute Gasteiger partial charge is 0.220 e. The van der Waals surface area contributed by atoms with Crippen molar-refractivity contribution in [3.05, 3.63) is 103 Å². The summed E-state index contributed by atoms with van der Waals surface area (Å²) in [5.41, 5.74) is 9.57. The molecule has 0 amide bonds. The van der Waals surface area contributed by atoms with E-state index in [2.05, 4.69) is 113 Å². The van der Waals surface area contributed by atoms with Crippen molar-refractivity contribution in [1.29, 1.82) is 0 Å². The topological polar surface area (TPSA) is 21.7 Å². The molecule has 154 valence electrons. The van der Waals surface area contributed by atoms with Crippen LogP contribution in [0.15, 0.2) is 97.1 Å². The monoisotopic (exact) mass is 421 g/mol. The van der Waals surface area contributed by atoms with Gasteiger partial charge in [0.15, 0.2) is 0 Å². The van der Waals surface area contributed by atoms with Crippen LogP contribution in [-0.4, -0.2) is 13.8 Å². The molecule has 0 atom stereocenters. The van der Waals surface area contributed by atoms with Gasteiger partial charge in [0.05, 0.1) is 27.6 Å². The zero-order valence-corrected chi connectivity index (χ0v) is 18.1. The van der Waals surface area contributed by atoms with E-state index in [4.69, 9.17) is 4.98 Å². The van der Waals surface area contributed by atoms with E-state index in [1.807, 2.05) is 0 Å². The second kappa shape index (κ2) is 5.90. The number of imidazole rings is 2. The fraction of sp³-hybridized carbons (Fsp3) is 0.0333. The first kappa shape index (κ1) is 17.2. The lowest BCUT2D eigenvalue weighted by molar-refractivity contribution is 1.22.